The second-order valence-corrected chi connectivity index (χ2v) is 4.16. The minimum Gasteiger partial charge on any atom is -0.409 e. The van der Waals surface area contributed by atoms with Crippen molar-refractivity contribution in [2.75, 3.05) is 11.4 Å². The zero-order valence-corrected chi connectivity index (χ0v) is 9.61. The summed E-state index contributed by atoms with van der Waals surface area (Å²) in [5, 5.41) is 20.0. The highest BCUT2D eigenvalue weighted by atomic mass is 32.1. The molecule has 0 spiro atoms. The molecule has 0 atom stereocenters. The lowest BCUT2D eigenvalue weighted by Gasteiger charge is -2.25. The number of nitrogens with zero attached hydrogens (tertiary/aromatic N) is 4. The van der Waals surface area contributed by atoms with Crippen molar-refractivity contribution in [3.63, 3.8) is 0 Å². The first-order chi connectivity index (χ1) is 7.15. The summed E-state index contributed by atoms with van der Waals surface area (Å²) in [5.74, 6) is 0.227. The molecule has 0 aliphatic rings. The van der Waals surface area contributed by atoms with E-state index in [9.17, 15) is 0 Å². The quantitative estimate of drug-likeness (QED) is 0.339. The predicted octanol–water partition coefficient (Wildman–Crippen LogP) is 0.889. The normalized spacial score (nSPS) is 12.1. The van der Waals surface area contributed by atoms with Crippen molar-refractivity contribution in [3.8, 4) is 0 Å². The Morgan fingerprint density at radius 1 is 1.73 bits per heavy atom. The fourth-order valence-electron chi connectivity index (χ4n) is 1.15. The number of amidine groups is 1. The van der Waals surface area contributed by atoms with Crippen LogP contribution in [0.4, 0.5) is 5.13 Å². The van der Waals surface area contributed by atoms with Crippen LogP contribution in [-0.2, 0) is 0 Å². The Morgan fingerprint density at radius 3 is 2.93 bits per heavy atom. The summed E-state index contributed by atoms with van der Waals surface area (Å²) in [6.07, 6.45) is 0.508. The van der Waals surface area contributed by atoms with Gasteiger partial charge in [0, 0.05) is 19.0 Å². The van der Waals surface area contributed by atoms with Gasteiger partial charge in [-0.15, -0.1) is 10.2 Å². The highest BCUT2D eigenvalue weighted by Crippen LogP contribution is 2.18. The van der Waals surface area contributed by atoms with Gasteiger partial charge in [0.15, 0.2) is 0 Å². The molecule has 0 aromatic carbocycles. The standard InChI is InChI=1S/C8H15N5OS/c1-6(2)13(4-3-7(9)12-14)8-11-10-5-15-8/h5-6,14H,3-4H2,1-2H3,(H2,9,12). The molecule has 84 valence electrons. The number of anilines is 1. The predicted molar refractivity (Wildman–Crippen MR) is 60.4 cm³/mol. The largest absolute Gasteiger partial charge is 0.409 e. The lowest BCUT2D eigenvalue weighted by atomic mass is 10.3. The summed E-state index contributed by atoms with van der Waals surface area (Å²) in [4.78, 5) is 2.07. The molecule has 0 amide bonds. The molecule has 0 unspecified atom stereocenters. The van der Waals surface area contributed by atoms with E-state index in [1.807, 2.05) is 0 Å². The Balaban J connectivity index is 2.60. The van der Waals surface area contributed by atoms with Crippen LogP contribution in [0.5, 0.6) is 0 Å². The van der Waals surface area contributed by atoms with Gasteiger partial charge >= 0.3 is 0 Å². The van der Waals surface area contributed by atoms with Gasteiger partial charge in [-0.05, 0) is 13.8 Å². The van der Waals surface area contributed by atoms with Crippen molar-refractivity contribution in [2.45, 2.75) is 26.3 Å². The van der Waals surface area contributed by atoms with E-state index in [0.29, 0.717) is 19.0 Å². The summed E-state index contributed by atoms with van der Waals surface area (Å²) in [5.41, 5.74) is 7.10. The maximum Gasteiger partial charge on any atom is 0.208 e. The second kappa shape index (κ2) is 5.50. The molecular formula is C8H15N5OS. The molecule has 0 fully saturated rings. The molecule has 3 N–H and O–H groups in total. The summed E-state index contributed by atoms with van der Waals surface area (Å²) in [7, 11) is 0. The fraction of sp³-hybridized carbons (Fsp3) is 0.625. The number of hydrogen-bond acceptors (Lipinski definition) is 6. The maximum atomic E-state index is 8.44. The van der Waals surface area contributed by atoms with Crippen molar-refractivity contribution in [2.24, 2.45) is 10.9 Å². The lowest BCUT2D eigenvalue weighted by Crippen LogP contribution is -2.34. The summed E-state index contributed by atoms with van der Waals surface area (Å²) < 4.78 is 0. The third-order valence-corrected chi connectivity index (χ3v) is 2.68. The molecule has 15 heavy (non-hydrogen) atoms. The van der Waals surface area contributed by atoms with Crippen LogP contribution in [-0.4, -0.2) is 33.8 Å². The molecule has 0 radical (unpaired) electrons. The van der Waals surface area contributed by atoms with Gasteiger partial charge in [0.05, 0.1) is 0 Å². The van der Waals surface area contributed by atoms with Crippen molar-refractivity contribution in [1.29, 1.82) is 0 Å². The Kier molecular flexibility index (Phi) is 4.29. The zero-order chi connectivity index (χ0) is 11.3. The Morgan fingerprint density at radius 2 is 2.47 bits per heavy atom. The van der Waals surface area contributed by atoms with Gasteiger partial charge < -0.3 is 15.8 Å². The van der Waals surface area contributed by atoms with E-state index in [4.69, 9.17) is 10.9 Å². The van der Waals surface area contributed by atoms with E-state index >= 15 is 0 Å². The van der Waals surface area contributed by atoms with Crippen molar-refractivity contribution < 1.29 is 5.21 Å². The van der Waals surface area contributed by atoms with Crippen LogP contribution in [0.3, 0.4) is 0 Å². The van der Waals surface area contributed by atoms with Gasteiger partial charge in [-0.25, -0.2) is 0 Å². The molecular weight excluding hydrogens is 214 g/mol. The van der Waals surface area contributed by atoms with Crippen LogP contribution in [0.25, 0.3) is 0 Å². The minimum absolute atomic E-state index is 0.227. The van der Waals surface area contributed by atoms with Gasteiger partial charge in [-0.1, -0.05) is 16.5 Å². The summed E-state index contributed by atoms with van der Waals surface area (Å²) in [6.45, 7) is 4.80. The van der Waals surface area contributed by atoms with Crippen LogP contribution in [0, 0.1) is 0 Å². The smallest absolute Gasteiger partial charge is 0.208 e. The topological polar surface area (TPSA) is 87.6 Å². The molecule has 1 aromatic heterocycles. The molecule has 1 aromatic rings. The molecule has 1 heterocycles. The van der Waals surface area contributed by atoms with E-state index in [1.165, 1.54) is 11.3 Å². The van der Waals surface area contributed by atoms with E-state index in [-0.39, 0.29) is 5.84 Å². The van der Waals surface area contributed by atoms with Gasteiger partial charge in [-0.3, -0.25) is 0 Å². The van der Waals surface area contributed by atoms with Crippen LogP contribution in [0.2, 0.25) is 0 Å². The highest BCUT2D eigenvalue weighted by Gasteiger charge is 2.13. The van der Waals surface area contributed by atoms with Gasteiger partial charge in [-0.2, -0.15) is 0 Å². The van der Waals surface area contributed by atoms with Crippen molar-refractivity contribution >= 4 is 22.3 Å². The summed E-state index contributed by atoms with van der Waals surface area (Å²) in [6, 6.07) is 0.310. The van der Waals surface area contributed by atoms with Crippen LogP contribution in [0.15, 0.2) is 10.7 Å². The van der Waals surface area contributed by atoms with E-state index in [1.54, 1.807) is 5.51 Å². The zero-order valence-electron chi connectivity index (χ0n) is 8.79. The van der Waals surface area contributed by atoms with E-state index < -0.39 is 0 Å². The Bertz CT molecular complexity index is 311. The fourth-order valence-corrected chi connectivity index (χ4v) is 1.87. The van der Waals surface area contributed by atoms with Crippen LogP contribution in [0.1, 0.15) is 20.3 Å². The first kappa shape index (κ1) is 11.7. The minimum atomic E-state index is 0.227. The number of hydrogen-bond donors (Lipinski definition) is 2. The van der Waals surface area contributed by atoms with Gasteiger partial charge in [0.25, 0.3) is 0 Å². The molecule has 0 saturated carbocycles. The summed E-state index contributed by atoms with van der Waals surface area (Å²) >= 11 is 1.48. The molecule has 7 heteroatoms. The number of oxime groups is 1. The average Bonchev–Trinajstić information content (AvgIpc) is 2.70. The highest BCUT2D eigenvalue weighted by molar-refractivity contribution is 7.13. The van der Waals surface area contributed by atoms with Gasteiger partial charge in [0.2, 0.25) is 5.13 Å². The van der Waals surface area contributed by atoms with E-state index in [2.05, 4.69) is 34.1 Å². The van der Waals surface area contributed by atoms with Crippen LogP contribution < -0.4 is 10.6 Å². The lowest BCUT2D eigenvalue weighted by molar-refractivity contribution is 0.317. The SMILES string of the molecule is CC(C)N(CCC(N)=NO)c1nncs1. The Hall–Kier alpha value is -1.37. The van der Waals surface area contributed by atoms with Crippen LogP contribution >= 0.6 is 11.3 Å². The molecule has 0 aliphatic heterocycles. The number of rotatable bonds is 5. The monoisotopic (exact) mass is 229 g/mol. The maximum absolute atomic E-state index is 8.44. The third kappa shape index (κ3) is 3.35. The molecule has 0 aliphatic carbocycles. The van der Waals surface area contributed by atoms with E-state index in [0.717, 1.165) is 5.13 Å². The molecule has 6 nitrogen and oxygen atoms in total. The first-order valence-corrected chi connectivity index (χ1v) is 5.52. The van der Waals surface area contributed by atoms with Crippen molar-refractivity contribution in [3.05, 3.63) is 5.51 Å². The average molecular weight is 229 g/mol. The molecule has 0 saturated heterocycles. The number of aromatic nitrogens is 2. The van der Waals surface area contributed by atoms with Crippen molar-refractivity contribution in [1.82, 2.24) is 10.2 Å². The Labute approximate surface area is 92.4 Å². The third-order valence-electron chi connectivity index (χ3n) is 1.95. The van der Waals surface area contributed by atoms with Gasteiger partial charge in [0.1, 0.15) is 11.3 Å². The number of nitrogens with two attached hydrogens (primary N) is 1. The second-order valence-electron chi connectivity index (χ2n) is 3.35. The molecule has 1 rings (SSSR count). The first-order valence-electron chi connectivity index (χ1n) is 4.64. The molecule has 0 bridgehead atoms.